The molecule has 172 valence electrons. The van der Waals surface area contributed by atoms with E-state index in [2.05, 4.69) is 54.5 Å². The number of aliphatic hydroxyl groups is 1. The van der Waals surface area contributed by atoms with E-state index in [0.717, 1.165) is 60.2 Å². The smallest absolute Gasteiger partial charge is 0.0577 e. The molecular formula is C29H50O. The first-order valence-electron chi connectivity index (χ1n) is 13.5. The van der Waals surface area contributed by atoms with Gasteiger partial charge >= 0.3 is 0 Å². The van der Waals surface area contributed by atoms with Crippen molar-refractivity contribution < 1.29 is 5.11 Å². The average Bonchev–Trinajstić information content (AvgIpc) is 3.04. The van der Waals surface area contributed by atoms with E-state index in [1.807, 2.05) is 0 Å². The zero-order valence-corrected chi connectivity index (χ0v) is 21.1. The van der Waals surface area contributed by atoms with Gasteiger partial charge in [-0.2, -0.15) is 0 Å². The molecule has 4 rings (SSSR count). The summed E-state index contributed by atoms with van der Waals surface area (Å²) in [5.74, 6) is 6.96. The maximum Gasteiger partial charge on any atom is 0.0577 e. The van der Waals surface area contributed by atoms with Crippen LogP contribution in [-0.2, 0) is 0 Å². The molecule has 3 saturated carbocycles. The SMILES string of the molecule is CC(C)C(C)CC(C)[C@@H](C)[C@H]1CC[C@H]2[C@@H]3CC=C4C[C@@H](O)CC[C@]4(C)[C@H]3CC[C@]12C. The third-order valence-corrected chi connectivity index (χ3v) is 11.6. The van der Waals surface area contributed by atoms with E-state index in [0.29, 0.717) is 10.8 Å². The summed E-state index contributed by atoms with van der Waals surface area (Å²) in [4.78, 5) is 0. The normalized spacial score (nSPS) is 46.4. The molecule has 0 heterocycles. The Hall–Kier alpha value is -0.300. The van der Waals surface area contributed by atoms with Crippen LogP contribution in [0.15, 0.2) is 11.6 Å². The van der Waals surface area contributed by atoms with Gasteiger partial charge in [-0.1, -0.05) is 60.1 Å². The fourth-order valence-electron chi connectivity index (χ4n) is 9.02. The zero-order valence-electron chi connectivity index (χ0n) is 21.1. The van der Waals surface area contributed by atoms with Gasteiger partial charge in [0.05, 0.1) is 6.10 Å². The Balaban J connectivity index is 1.51. The van der Waals surface area contributed by atoms with Crippen LogP contribution in [0.1, 0.15) is 106 Å². The van der Waals surface area contributed by atoms with E-state index in [4.69, 9.17) is 0 Å². The molecule has 1 heteroatoms. The average molecular weight is 415 g/mol. The molecule has 0 amide bonds. The van der Waals surface area contributed by atoms with Crippen LogP contribution in [0.5, 0.6) is 0 Å². The van der Waals surface area contributed by atoms with Gasteiger partial charge in [0, 0.05) is 0 Å². The Kier molecular flexibility index (Phi) is 6.28. The van der Waals surface area contributed by atoms with Crippen LogP contribution in [0, 0.1) is 58.2 Å². The Labute approximate surface area is 187 Å². The molecule has 0 bridgehead atoms. The number of allylic oxidation sites excluding steroid dienone is 1. The summed E-state index contributed by atoms with van der Waals surface area (Å²) in [6.07, 6.45) is 14.2. The summed E-state index contributed by atoms with van der Waals surface area (Å²) in [6.45, 7) is 17.7. The second-order valence-corrected chi connectivity index (χ2v) is 13.2. The van der Waals surface area contributed by atoms with Crippen LogP contribution in [0.2, 0.25) is 0 Å². The first-order valence-corrected chi connectivity index (χ1v) is 13.5. The van der Waals surface area contributed by atoms with Crippen molar-refractivity contribution in [3.8, 4) is 0 Å². The Morgan fingerprint density at radius 1 is 0.933 bits per heavy atom. The Morgan fingerprint density at radius 2 is 1.67 bits per heavy atom. The quantitative estimate of drug-likeness (QED) is 0.454. The monoisotopic (exact) mass is 414 g/mol. The lowest BCUT2D eigenvalue weighted by Gasteiger charge is -2.58. The van der Waals surface area contributed by atoms with Crippen molar-refractivity contribution in [3.05, 3.63) is 11.6 Å². The molecule has 2 unspecified atom stereocenters. The highest BCUT2D eigenvalue weighted by Gasteiger charge is 2.59. The van der Waals surface area contributed by atoms with E-state index in [1.165, 1.54) is 44.9 Å². The molecule has 4 aliphatic rings. The molecule has 0 aromatic carbocycles. The molecule has 0 aliphatic heterocycles. The summed E-state index contributed by atoms with van der Waals surface area (Å²) in [6, 6.07) is 0. The summed E-state index contributed by atoms with van der Waals surface area (Å²) in [5, 5.41) is 10.3. The third-order valence-electron chi connectivity index (χ3n) is 11.6. The molecule has 3 fully saturated rings. The van der Waals surface area contributed by atoms with Gasteiger partial charge in [-0.25, -0.2) is 0 Å². The van der Waals surface area contributed by atoms with Crippen molar-refractivity contribution in [1.29, 1.82) is 0 Å². The molecule has 0 spiro atoms. The molecule has 0 aromatic rings. The maximum absolute atomic E-state index is 10.3. The maximum atomic E-state index is 10.3. The number of hydrogen-bond donors (Lipinski definition) is 1. The highest BCUT2D eigenvalue weighted by Crippen LogP contribution is 2.67. The van der Waals surface area contributed by atoms with Gasteiger partial charge in [-0.05, 0) is 116 Å². The molecule has 0 radical (unpaired) electrons. The minimum atomic E-state index is -0.0823. The van der Waals surface area contributed by atoms with Crippen molar-refractivity contribution in [3.63, 3.8) is 0 Å². The van der Waals surface area contributed by atoms with Crippen LogP contribution in [0.4, 0.5) is 0 Å². The van der Waals surface area contributed by atoms with Crippen LogP contribution >= 0.6 is 0 Å². The molecule has 1 N–H and O–H groups in total. The van der Waals surface area contributed by atoms with Crippen molar-refractivity contribution in [2.75, 3.05) is 0 Å². The van der Waals surface area contributed by atoms with Crippen molar-refractivity contribution >= 4 is 0 Å². The van der Waals surface area contributed by atoms with Crippen molar-refractivity contribution in [2.45, 2.75) is 112 Å². The molecule has 0 saturated heterocycles. The molecule has 10 atom stereocenters. The summed E-state index contributed by atoms with van der Waals surface area (Å²) < 4.78 is 0. The van der Waals surface area contributed by atoms with E-state index in [-0.39, 0.29) is 6.10 Å². The van der Waals surface area contributed by atoms with E-state index in [9.17, 15) is 5.11 Å². The van der Waals surface area contributed by atoms with E-state index >= 15 is 0 Å². The van der Waals surface area contributed by atoms with Crippen molar-refractivity contribution in [2.24, 2.45) is 58.2 Å². The summed E-state index contributed by atoms with van der Waals surface area (Å²) in [5.41, 5.74) is 2.56. The minimum absolute atomic E-state index is 0.0823. The zero-order chi connectivity index (χ0) is 21.8. The highest BCUT2D eigenvalue weighted by molar-refractivity contribution is 5.25. The second kappa shape index (κ2) is 8.24. The molecule has 30 heavy (non-hydrogen) atoms. The van der Waals surface area contributed by atoms with Gasteiger partial charge in [-0.15, -0.1) is 0 Å². The highest BCUT2D eigenvalue weighted by atomic mass is 16.3. The first-order chi connectivity index (χ1) is 14.1. The largest absolute Gasteiger partial charge is 0.393 e. The number of hydrogen-bond acceptors (Lipinski definition) is 1. The fraction of sp³-hybridized carbons (Fsp3) is 0.931. The van der Waals surface area contributed by atoms with Gasteiger partial charge < -0.3 is 5.11 Å². The molecular weight excluding hydrogens is 364 g/mol. The van der Waals surface area contributed by atoms with E-state index < -0.39 is 0 Å². The Bertz CT molecular complexity index is 649. The third kappa shape index (κ3) is 3.64. The van der Waals surface area contributed by atoms with Crippen LogP contribution in [-0.4, -0.2) is 11.2 Å². The van der Waals surface area contributed by atoms with Gasteiger partial charge in [-0.3, -0.25) is 0 Å². The predicted molar refractivity (Wildman–Crippen MR) is 128 cm³/mol. The summed E-state index contributed by atoms with van der Waals surface area (Å²) in [7, 11) is 0. The number of aliphatic hydroxyl groups excluding tert-OH is 1. The van der Waals surface area contributed by atoms with Gasteiger partial charge in [0.1, 0.15) is 0 Å². The fourth-order valence-corrected chi connectivity index (χ4v) is 9.02. The van der Waals surface area contributed by atoms with Gasteiger partial charge in [0.25, 0.3) is 0 Å². The van der Waals surface area contributed by atoms with Crippen LogP contribution in [0.3, 0.4) is 0 Å². The van der Waals surface area contributed by atoms with Crippen molar-refractivity contribution in [1.82, 2.24) is 0 Å². The van der Waals surface area contributed by atoms with Crippen LogP contribution < -0.4 is 0 Å². The van der Waals surface area contributed by atoms with Gasteiger partial charge in [0.15, 0.2) is 0 Å². The summed E-state index contributed by atoms with van der Waals surface area (Å²) >= 11 is 0. The number of fused-ring (bicyclic) bond motifs is 5. The second-order valence-electron chi connectivity index (χ2n) is 13.2. The predicted octanol–water partition coefficient (Wildman–Crippen LogP) is 7.88. The first kappa shape index (κ1) is 22.9. The molecule has 1 nitrogen and oxygen atoms in total. The molecule has 4 aliphatic carbocycles. The minimum Gasteiger partial charge on any atom is -0.393 e. The Morgan fingerprint density at radius 3 is 2.37 bits per heavy atom. The number of rotatable bonds is 5. The van der Waals surface area contributed by atoms with Gasteiger partial charge in [0.2, 0.25) is 0 Å². The standard InChI is InChI=1S/C29H50O/c1-18(2)19(3)16-20(4)21(5)25-10-11-26-24-9-8-22-17-23(30)12-14-28(22,6)27(24)13-15-29(25,26)7/h8,18-21,23-27,30H,9-17H2,1-7H3/t19?,20?,21-,23+,24+,25-,26+,27+,28+,29-/m1/s1. The lowest BCUT2D eigenvalue weighted by Crippen LogP contribution is -2.51. The lowest BCUT2D eigenvalue weighted by molar-refractivity contribution is -0.0608. The molecule has 0 aromatic heterocycles. The topological polar surface area (TPSA) is 20.2 Å². The van der Waals surface area contributed by atoms with Crippen LogP contribution in [0.25, 0.3) is 0 Å². The lowest BCUT2D eigenvalue weighted by atomic mass is 9.46. The van der Waals surface area contributed by atoms with E-state index in [1.54, 1.807) is 5.57 Å².